The molecular weight excluding hydrogens is 1080 g/mol. The third-order valence-corrected chi connectivity index (χ3v) is 23.3. The monoisotopic (exact) mass is 1190 g/mol. The molecule has 464 valence electrons. The van der Waals surface area contributed by atoms with E-state index in [4.69, 9.17) is 103 Å². The molecule has 1 unspecified atom stereocenters. The van der Waals surface area contributed by atoms with Crippen molar-refractivity contribution in [3.05, 3.63) is 0 Å². The fraction of sp³-hybridized carbons (Fsp3) is 1.00. The van der Waals surface area contributed by atoms with E-state index in [1.54, 1.807) is 0 Å². The van der Waals surface area contributed by atoms with Gasteiger partial charge < -0.3 is 103 Å². The quantitative estimate of drug-likeness (QED) is 0.0602. The van der Waals surface area contributed by atoms with Gasteiger partial charge in [-0.1, -0.05) is 19.3 Å². The Labute approximate surface area is 469 Å². The molecule has 0 spiro atoms. The summed E-state index contributed by atoms with van der Waals surface area (Å²) in [6.45, 7) is 38.1. The zero-order chi connectivity index (χ0) is 56.5. The first-order chi connectivity index (χ1) is 37.2. The molecule has 0 aromatic rings. The van der Waals surface area contributed by atoms with Crippen LogP contribution in [0.2, 0.25) is 65.0 Å². The summed E-state index contributed by atoms with van der Waals surface area (Å²) in [6.07, 6.45) is 4.43. The minimum Gasteiger partial charge on any atom is -0.437 e. The number of aliphatic hydroxyl groups is 1. The highest BCUT2D eigenvalue weighted by molar-refractivity contribution is 6.89. The fourth-order valence-electron chi connectivity index (χ4n) is 6.96. The molecular formula is C51H112O22Si4. The Morgan fingerprint density at radius 1 is 0.208 bits per heavy atom. The van der Waals surface area contributed by atoms with Crippen LogP contribution in [0.5, 0.6) is 0 Å². The zero-order valence-corrected chi connectivity index (χ0v) is 53.7. The molecule has 1 atom stereocenters. The van der Waals surface area contributed by atoms with Crippen molar-refractivity contribution in [2.24, 2.45) is 0 Å². The smallest absolute Gasteiger partial charge is 0.315 e. The molecule has 0 radical (unpaired) electrons. The van der Waals surface area contributed by atoms with Crippen molar-refractivity contribution in [2.45, 2.75) is 90.7 Å². The van der Waals surface area contributed by atoms with Crippen LogP contribution in [0.3, 0.4) is 0 Å². The van der Waals surface area contributed by atoms with Gasteiger partial charge in [-0.15, -0.1) is 0 Å². The number of hydrogen-bond donors (Lipinski definition) is 1. The standard InChI is InChI=1S/C51H112O22Si4/c1-74(2,3)71-76(7,8)73-77(9,72-75(4,5)6)51-13-11-10-12-15-53-17-19-55-21-23-57-25-27-59-29-31-61-33-35-63-37-39-65-41-43-67-45-47-69-49-50-70-48-46-68-44-42-66-40-38-64-36-34-62-32-30-60-28-26-58-24-22-56-20-18-54-16-14-52/h52H,10-51H2,1-9H3. The van der Waals surface area contributed by atoms with Gasteiger partial charge in [-0.2, -0.15) is 0 Å². The molecule has 1 N–H and O–H groups in total. The van der Waals surface area contributed by atoms with Crippen molar-refractivity contribution in [2.75, 3.05) is 244 Å². The third-order valence-electron chi connectivity index (χ3n) is 9.77. The lowest BCUT2D eigenvalue weighted by Gasteiger charge is -2.41. The maximum atomic E-state index is 8.61. The summed E-state index contributed by atoms with van der Waals surface area (Å²) >= 11 is 0. The second-order valence-corrected chi connectivity index (χ2v) is 36.4. The fourth-order valence-corrected chi connectivity index (χ4v) is 25.0. The molecule has 0 bridgehead atoms. The molecule has 0 amide bonds. The molecule has 0 saturated carbocycles. The van der Waals surface area contributed by atoms with Crippen LogP contribution in [0.25, 0.3) is 0 Å². The van der Waals surface area contributed by atoms with E-state index in [2.05, 4.69) is 58.9 Å². The first kappa shape index (κ1) is 77.0. The maximum absolute atomic E-state index is 8.61. The number of rotatable bonds is 66. The van der Waals surface area contributed by atoms with Gasteiger partial charge in [0.05, 0.1) is 238 Å². The van der Waals surface area contributed by atoms with E-state index in [-0.39, 0.29) is 6.61 Å². The highest BCUT2D eigenvalue weighted by Gasteiger charge is 2.44. The summed E-state index contributed by atoms with van der Waals surface area (Å²) in [6, 6.07) is 1.01. The van der Waals surface area contributed by atoms with Crippen molar-refractivity contribution in [1.29, 1.82) is 0 Å². The molecule has 77 heavy (non-hydrogen) atoms. The minimum absolute atomic E-state index is 0.0197. The minimum atomic E-state index is -2.32. The first-order valence-corrected chi connectivity index (χ1v) is 40.4. The van der Waals surface area contributed by atoms with Crippen LogP contribution >= 0.6 is 0 Å². The highest BCUT2D eigenvalue weighted by atomic mass is 28.5. The summed E-state index contributed by atoms with van der Waals surface area (Å²) in [5.74, 6) is 0. The lowest BCUT2D eigenvalue weighted by Crippen LogP contribution is -2.56. The lowest BCUT2D eigenvalue weighted by atomic mass is 10.2. The number of unbranched alkanes of at least 4 members (excludes halogenated alkanes) is 3. The van der Waals surface area contributed by atoms with Gasteiger partial charge in [0.25, 0.3) is 0 Å². The normalized spacial score (nSPS) is 13.3. The maximum Gasteiger partial charge on any atom is 0.315 e. The van der Waals surface area contributed by atoms with Gasteiger partial charge in [0.1, 0.15) is 0 Å². The van der Waals surface area contributed by atoms with Gasteiger partial charge in [0.15, 0.2) is 16.6 Å². The van der Waals surface area contributed by atoms with Gasteiger partial charge in [0, 0.05) is 6.61 Å². The van der Waals surface area contributed by atoms with E-state index in [0.717, 1.165) is 38.3 Å². The molecule has 0 aliphatic carbocycles. The van der Waals surface area contributed by atoms with Crippen molar-refractivity contribution >= 4 is 33.8 Å². The Morgan fingerprint density at radius 3 is 0.610 bits per heavy atom. The SMILES string of the molecule is C[Si](C)(C)O[Si](C)(C)O[Si](C)(CCCCCCOCCOCCOCCOCCOCCOCCOCCOCCOCCOCCOCCOCCOCCOCCOCCOCCOCCOCCO)O[Si](C)(C)C. The second kappa shape index (κ2) is 56.5. The highest BCUT2D eigenvalue weighted by Crippen LogP contribution is 2.28. The van der Waals surface area contributed by atoms with Gasteiger partial charge in [-0.3, -0.25) is 0 Å². The van der Waals surface area contributed by atoms with Crippen LogP contribution < -0.4 is 0 Å². The first-order valence-electron chi connectivity index (χ1n) is 28.3. The summed E-state index contributed by atoms with van der Waals surface area (Å²) in [4.78, 5) is 0. The molecule has 0 aliphatic heterocycles. The molecule has 0 aromatic carbocycles. The van der Waals surface area contributed by atoms with E-state index in [1.165, 1.54) is 0 Å². The third kappa shape index (κ3) is 65.0. The average Bonchev–Trinajstić information content (AvgIpc) is 3.35. The van der Waals surface area contributed by atoms with Crippen LogP contribution in [0.15, 0.2) is 0 Å². The summed E-state index contributed by atoms with van der Waals surface area (Å²) < 4.78 is 119. The van der Waals surface area contributed by atoms with E-state index in [9.17, 15) is 0 Å². The van der Waals surface area contributed by atoms with E-state index in [0.29, 0.717) is 231 Å². The Kier molecular flexibility index (Phi) is 56.5. The predicted octanol–water partition coefficient (Wildman–Crippen LogP) is 5.33. The van der Waals surface area contributed by atoms with Gasteiger partial charge >= 0.3 is 17.1 Å². The molecule has 0 rings (SSSR count). The molecule has 0 fully saturated rings. The van der Waals surface area contributed by atoms with Gasteiger partial charge in [-0.05, 0) is 71.4 Å². The topological polar surface area (TPSA) is 214 Å². The van der Waals surface area contributed by atoms with Crippen LogP contribution in [0.1, 0.15) is 25.7 Å². The molecule has 0 saturated heterocycles. The van der Waals surface area contributed by atoms with Gasteiger partial charge in [0.2, 0.25) is 0 Å². The van der Waals surface area contributed by atoms with Gasteiger partial charge in [-0.25, -0.2) is 0 Å². The lowest BCUT2D eigenvalue weighted by molar-refractivity contribution is -0.0310. The number of hydrogen-bond acceptors (Lipinski definition) is 22. The van der Waals surface area contributed by atoms with E-state index < -0.39 is 33.8 Å². The molecule has 0 aromatic heterocycles. The second-order valence-electron chi connectivity index (χ2n) is 20.0. The zero-order valence-electron chi connectivity index (χ0n) is 49.7. The van der Waals surface area contributed by atoms with Crippen molar-refractivity contribution in [1.82, 2.24) is 0 Å². The Hall–Kier alpha value is -0.0125. The predicted molar refractivity (Wildman–Crippen MR) is 304 cm³/mol. The molecule has 0 heterocycles. The average molecular weight is 1190 g/mol. The van der Waals surface area contributed by atoms with Crippen LogP contribution in [-0.4, -0.2) is 283 Å². The molecule has 26 heteroatoms. The van der Waals surface area contributed by atoms with E-state index in [1.807, 2.05) is 0 Å². The summed E-state index contributed by atoms with van der Waals surface area (Å²) in [5.41, 5.74) is 0. The Morgan fingerprint density at radius 2 is 0.403 bits per heavy atom. The molecule has 0 aliphatic rings. The Bertz CT molecular complexity index is 1190. The van der Waals surface area contributed by atoms with Crippen molar-refractivity contribution < 1.29 is 103 Å². The van der Waals surface area contributed by atoms with Crippen LogP contribution in [0.4, 0.5) is 0 Å². The number of ether oxygens (including phenoxy) is 18. The Balaban J connectivity index is 3.27. The largest absolute Gasteiger partial charge is 0.437 e. The van der Waals surface area contributed by atoms with E-state index >= 15 is 0 Å². The van der Waals surface area contributed by atoms with Crippen molar-refractivity contribution in [3.63, 3.8) is 0 Å². The van der Waals surface area contributed by atoms with Crippen molar-refractivity contribution in [3.8, 4) is 0 Å². The molecule has 22 nitrogen and oxygen atoms in total. The number of aliphatic hydroxyl groups excluding tert-OH is 1. The summed E-state index contributed by atoms with van der Waals surface area (Å²) in [5, 5.41) is 8.61. The van der Waals surface area contributed by atoms with Crippen LogP contribution in [-0.2, 0) is 97.6 Å². The van der Waals surface area contributed by atoms with Crippen LogP contribution in [0, 0.1) is 0 Å². The summed E-state index contributed by atoms with van der Waals surface area (Å²) in [7, 11) is -8.01.